The summed E-state index contributed by atoms with van der Waals surface area (Å²) in [6.07, 6.45) is 3.73. The molecule has 0 aliphatic carbocycles. The Labute approximate surface area is 219 Å². The first-order valence-corrected chi connectivity index (χ1v) is 13.5. The van der Waals surface area contributed by atoms with Crippen LogP contribution >= 0.6 is 11.8 Å². The fourth-order valence-corrected chi connectivity index (χ4v) is 5.01. The van der Waals surface area contributed by atoms with E-state index in [1.165, 1.54) is 0 Å². The van der Waals surface area contributed by atoms with Crippen molar-refractivity contribution in [2.45, 2.75) is 37.6 Å². The molecule has 0 radical (unpaired) electrons. The number of thioether (sulfide) groups is 1. The number of unbranched alkanes of at least 4 members (excludes halogenated alkanes) is 1. The van der Waals surface area contributed by atoms with Crippen molar-refractivity contribution in [1.82, 2.24) is 0 Å². The molecule has 0 bridgehead atoms. The van der Waals surface area contributed by atoms with Crippen LogP contribution in [0.2, 0.25) is 0 Å². The molecule has 1 aliphatic rings. The molecule has 1 atom stereocenters. The van der Waals surface area contributed by atoms with E-state index in [2.05, 4.69) is 0 Å². The topological polar surface area (TPSA) is 76.8 Å². The van der Waals surface area contributed by atoms with Gasteiger partial charge in [0.1, 0.15) is 5.58 Å². The predicted octanol–water partition coefficient (Wildman–Crippen LogP) is 6.53. The van der Waals surface area contributed by atoms with Crippen molar-refractivity contribution in [3.63, 3.8) is 0 Å². The standard InChI is InChI=1S/C30H27NO5S/c1-4-5-16-35-30(34)20-7-11-21(12-8-20)31-26(19-9-13-22(37-3)14-10-19)25-27(32)23-17-18(2)6-15-24(23)36-28(25)29(31)33/h6-15,17,26H,4-5,16H2,1-3H3. The molecule has 37 heavy (non-hydrogen) atoms. The van der Waals surface area contributed by atoms with Gasteiger partial charge in [0.25, 0.3) is 5.91 Å². The highest BCUT2D eigenvalue weighted by atomic mass is 32.2. The van der Waals surface area contributed by atoms with Gasteiger partial charge in [-0.1, -0.05) is 37.1 Å². The lowest BCUT2D eigenvalue weighted by Crippen LogP contribution is -2.29. The first-order chi connectivity index (χ1) is 17.9. The molecule has 0 N–H and O–H groups in total. The average Bonchev–Trinajstić information content (AvgIpc) is 3.21. The fraction of sp³-hybridized carbons (Fsp3) is 0.233. The SMILES string of the molecule is CCCCOC(=O)c1ccc(N2C(=O)c3oc4ccc(C)cc4c(=O)c3C2c2ccc(SC)cc2)cc1. The maximum absolute atomic E-state index is 13.8. The number of carbonyl (C=O) groups is 2. The van der Waals surface area contributed by atoms with Gasteiger partial charge in [-0.15, -0.1) is 11.8 Å². The van der Waals surface area contributed by atoms with Crippen molar-refractivity contribution in [2.75, 3.05) is 17.8 Å². The summed E-state index contributed by atoms with van der Waals surface area (Å²) < 4.78 is 11.4. The van der Waals surface area contributed by atoms with Crippen molar-refractivity contribution in [1.29, 1.82) is 0 Å². The van der Waals surface area contributed by atoms with Gasteiger partial charge in [-0.3, -0.25) is 14.5 Å². The van der Waals surface area contributed by atoms with Crippen LogP contribution in [0.25, 0.3) is 11.0 Å². The molecule has 188 valence electrons. The minimum atomic E-state index is -0.665. The number of hydrogen-bond donors (Lipinski definition) is 0. The van der Waals surface area contributed by atoms with Crippen LogP contribution in [0.3, 0.4) is 0 Å². The Kier molecular flexibility index (Phi) is 6.89. The molecule has 3 aromatic carbocycles. The Morgan fingerprint density at radius 2 is 1.76 bits per heavy atom. The normalized spacial score (nSPS) is 14.7. The molecule has 4 aromatic rings. The number of nitrogens with zero attached hydrogens (tertiary/aromatic N) is 1. The summed E-state index contributed by atoms with van der Waals surface area (Å²) in [5.74, 6) is -0.756. The second kappa shape index (κ2) is 10.3. The number of aryl methyl sites for hydroxylation is 1. The van der Waals surface area contributed by atoms with Gasteiger partial charge in [-0.25, -0.2) is 4.79 Å². The zero-order chi connectivity index (χ0) is 26.1. The first-order valence-electron chi connectivity index (χ1n) is 12.2. The monoisotopic (exact) mass is 513 g/mol. The molecule has 6 nitrogen and oxygen atoms in total. The summed E-state index contributed by atoms with van der Waals surface area (Å²) in [7, 11) is 0. The molecule has 5 rings (SSSR count). The molecule has 1 aliphatic heterocycles. The van der Waals surface area contributed by atoms with E-state index in [0.29, 0.717) is 34.4 Å². The molecule has 0 saturated heterocycles. The Bertz CT molecular complexity index is 1540. The summed E-state index contributed by atoms with van der Waals surface area (Å²) in [6.45, 7) is 4.31. The Balaban J connectivity index is 1.62. The summed E-state index contributed by atoms with van der Waals surface area (Å²) in [4.78, 5) is 42.6. The van der Waals surface area contributed by atoms with Crippen molar-refractivity contribution in [2.24, 2.45) is 0 Å². The molecule has 1 unspecified atom stereocenters. The Morgan fingerprint density at radius 1 is 1.03 bits per heavy atom. The number of anilines is 1. The summed E-state index contributed by atoms with van der Waals surface area (Å²) >= 11 is 1.62. The van der Waals surface area contributed by atoms with Gasteiger partial charge in [0.15, 0.2) is 5.43 Å². The molecule has 2 heterocycles. The number of rotatable bonds is 7. The van der Waals surface area contributed by atoms with E-state index in [-0.39, 0.29) is 11.2 Å². The number of benzene rings is 3. The number of amides is 1. The van der Waals surface area contributed by atoms with Crippen LogP contribution < -0.4 is 10.3 Å². The number of esters is 1. The fourth-order valence-electron chi connectivity index (χ4n) is 4.61. The molecule has 1 aromatic heterocycles. The summed E-state index contributed by atoms with van der Waals surface area (Å²) in [5.41, 5.74) is 3.18. The highest BCUT2D eigenvalue weighted by molar-refractivity contribution is 7.98. The zero-order valence-corrected chi connectivity index (χ0v) is 21.8. The van der Waals surface area contributed by atoms with Crippen molar-refractivity contribution < 1.29 is 18.7 Å². The highest BCUT2D eigenvalue weighted by Gasteiger charge is 2.43. The van der Waals surface area contributed by atoms with Crippen molar-refractivity contribution in [3.8, 4) is 0 Å². The van der Waals surface area contributed by atoms with Crippen LogP contribution in [0.15, 0.2) is 80.8 Å². The molecule has 7 heteroatoms. The molecule has 1 amide bonds. The second-order valence-electron chi connectivity index (χ2n) is 9.06. The lowest BCUT2D eigenvalue weighted by molar-refractivity contribution is 0.0499. The third kappa shape index (κ3) is 4.55. The van der Waals surface area contributed by atoms with E-state index in [4.69, 9.17) is 9.15 Å². The van der Waals surface area contributed by atoms with E-state index >= 15 is 0 Å². The maximum atomic E-state index is 13.8. The summed E-state index contributed by atoms with van der Waals surface area (Å²) in [5, 5.41) is 0.448. The lowest BCUT2D eigenvalue weighted by Gasteiger charge is -2.25. The van der Waals surface area contributed by atoms with Gasteiger partial charge in [0.05, 0.1) is 29.2 Å². The number of ether oxygens (including phenoxy) is 1. The van der Waals surface area contributed by atoms with Crippen LogP contribution in [0.4, 0.5) is 5.69 Å². The van der Waals surface area contributed by atoms with Crippen LogP contribution in [-0.4, -0.2) is 24.7 Å². The molecule has 0 saturated carbocycles. The van der Waals surface area contributed by atoms with Gasteiger partial charge >= 0.3 is 5.97 Å². The van der Waals surface area contributed by atoms with Crippen LogP contribution in [0.1, 0.15) is 63.4 Å². The largest absolute Gasteiger partial charge is 0.462 e. The van der Waals surface area contributed by atoms with E-state index in [0.717, 1.165) is 28.9 Å². The van der Waals surface area contributed by atoms with E-state index in [9.17, 15) is 14.4 Å². The van der Waals surface area contributed by atoms with Crippen molar-refractivity contribution >= 4 is 40.3 Å². The quantitative estimate of drug-likeness (QED) is 0.159. The molecular formula is C30H27NO5S. The molecule has 0 fully saturated rings. The lowest BCUT2D eigenvalue weighted by atomic mass is 9.98. The Hall–Kier alpha value is -3.84. The number of carbonyl (C=O) groups excluding carboxylic acids is 2. The van der Waals surface area contributed by atoms with Gasteiger partial charge in [-0.05, 0) is 73.7 Å². The van der Waals surface area contributed by atoms with Crippen LogP contribution in [-0.2, 0) is 4.74 Å². The first kappa shape index (κ1) is 24.8. The third-order valence-corrected chi connectivity index (χ3v) is 7.31. The third-order valence-electron chi connectivity index (χ3n) is 6.57. The second-order valence-corrected chi connectivity index (χ2v) is 9.94. The molecular weight excluding hydrogens is 486 g/mol. The Morgan fingerprint density at radius 3 is 2.43 bits per heavy atom. The van der Waals surface area contributed by atoms with Crippen LogP contribution in [0, 0.1) is 6.92 Å². The molecule has 0 spiro atoms. The smallest absolute Gasteiger partial charge is 0.338 e. The highest BCUT2D eigenvalue weighted by Crippen LogP contribution is 2.41. The van der Waals surface area contributed by atoms with E-state index in [1.54, 1.807) is 53.1 Å². The van der Waals surface area contributed by atoms with Crippen molar-refractivity contribution in [3.05, 3.63) is 105 Å². The number of fused-ring (bicyclic) bond motifs is 2. The van der Waals surface area contributed by atoms with Gasteiger partial charge in [-0.2, -0.15) is 0 Å². The minimum absolute atomic E-state index is 0.0448. The van der Waals surface area contributed by atoms with E-state index < -0.39 is 17.9 Å². The predicted molar refractivity (Wildman–Crippen MR) is 146 cm³/mol. The van der Waals surface area contributed by atoms with Gasteiger partial charge in [0.2, 0.25) is 5.76 Å². The number of hydrogen-bond acceptors (Lipinski definition) is 6. The minimum Gasteiger partial charge on any atom is -0.462 e. The summed E-state index contributed by atoms with van der Waals surface area (Å²) in [6, 6.07) is 19.2. The maximum Gasteiger partial charge on any atom is 0.338 e. The van der Waals surface area contributed by atoms with Gasteiger partial charge < -0.3 is 9.15 Å². The van der Waals surface area contributed by atoms with Crippen LogP contribution in [0.5, 0.6) is 0 Å². The van der Waals surface area contributed by atoms with E-state index in [1.807, 2.05) is 50.4 Å². The van der Waals surface area contributed by atoms with Gasteiger partial charge in [0, 0.05) is 10.6 Å². The average molecular weight is 514 g/mol. The zero-order valence-electron chi connectivity index (χ0n) is 20.9.